The van der Waals surface area contributed by atoms with Crippen molar-refractivity contribution in [2.75, 3.05) is 4.90 Å². The zero-order valence-electron chi connectivity index (χ0n) is 38.1. The number of hydrogen-bond acceptors (Lipinski definition) is 1. The minimum Gasteiger partial charge on any atom is -0.310 e. The number of allylic oxidation sites excluding steroid dienone is 5. The van der Waals surface area contributed by atoms with Gasteiger partial charge in [-0.25, -0.2) is 0 Å². The summed E-state index contributed by atoms with van der Waals surface area (Å²) in [6.07, 6.45) is 6.40. The van der Waals surface area contributed by atoms with Gasteiger partial charge >= 0.3 is 0 Å². The highest BCUT2D eigenvalue weighted by molar-refractivity contribution is 6.09. The molecule has 2 aliphatic rings. The number of benzene rings is 9. The minimum atomic E-state index is -0.519. The van der Waals surface area contributed by atoms with Gasteiger partial charge in [-0.3, -0.25) is 0 Å². The first kappa shape index (κ1) is 40.3. The second-order valence-corrected chi connectivity index (χ2v) is 18.4. The fraction of sp³-hybridized carbons (Fsp3) is 0.0769. The van der Waals surface area contributed by atoms with Crippen LogP contribution in [0, 0.1) is 0 Å². The molecule has 0 bridgehead atoms. The van der Waals surface area contributed by atoms with Gasteiger partial charge in [0.05, 0.1) is 22.1 Å². The van der Waals surface area contributed by atoms with Crippen LogP contribution in [0.5, 0.6) is 0 Å². The van der Waals surface area contributed by atoms with E-state index >= 15 is 0 Å². The fourth-order valence-corrected chi connectivity index (χ4v) is 11.6. The van der Waals surface area contributed by atoms with Crippen molar-refractivity contribution in [3.05, 3.63) is 282 Å². The Kier molecular flexibility index (Phi) is 9.48. The highest BCUT2D eigenvalue weighted by Crippen LogP contribution is 2.59. The van der Waals surface area contributed by atoms with Gasteiger partial charge in [-0.2, -0.15) is 0 Å². The lowest BCUT2D eigenvalue weighted by Crippen LogP contribution is -2.28. The van der Waals surface area contributed by atoms with Crippen LogP contribution in [0.2, 0.25) is 0 Å². The van der Waals surface area contributed by atoms with E-state index in [0.717, 1.165) is 22.7 Å². The standard InChI is InChI=1S/C65H50N2/c1-5-20-56-51(6-2)52-42-35-45(43-59(52)64(56,3)4)44-33-36-48(37-34-44)66(49-38-40-50(41-39-49)67-60-30-17-14-25-53(60)54-26-15-18-31-61(54)67)62-32-19-29-58-63(62)55-27-13-16-28-57(55)65(58,46-21-9-7-10-22-46)47-23-11-8-12-24-47/h5-43H,2H2,1,3-4H3/b20-5-. The largest absolute Gasteiger partial charge is 0.310 e. The van der Waals surface area contributed by atoms with Crippen LogP contribution in [0.1, 0.15) is 54.2 Å². The molecule has 10 aromatic rings. The summed E-state index contributed by atoms with van der Waals surface area (Å²) in [7, 11) is 0. The molecule has 1 heterocycles. The minimum absolute atomic E-state index is 0.137. The molecule has 2 nitrogen and oxygen atoms in total. The first-order valence-corrected chi connectivity index (χ1v) is 23.4. The van der Waals surface area contributed by atoms with Gasteiger partial charge in [0.25, 0.3) is 0 Å². The highest BCUT2D eigenvalue weighted by Gasteiger charge is 2.47. The first-order chi connectivity index (χ1) is 32.9. The van der Waals surface area contributed by atoms with Crippen molar-refractivity contribution in [1.29, 1.82) is 0 Å². The summed E-state index contributed by atoms with van der Waals surface area (Å²) in [5.41, 5.74) is 21.2. The van der Waals surface area contributed by atoms with Gasteiger partial charge in [0.15, 0.2) is 0 Å². The van der Waals surface area contributed by atoms with Crippen LogP contribution in [0.15, 0.2) is 249 Å². The van der Waals surface area contributed by atoms with Crippen LogP contribution in [-0.4, -0.2) is 4.57 Å². The van der Waals surface area contributed by atoms with Crippen molar-refractivity contribution in [2.45, 2.75) is 31.6 Å². The third-order valence-electron chi connectivity index (χ3n) is 14.6. The zero-order chi connectivity index (χ0) is 45.3. The quantitative estimate of drug-likeness (QED) is 0.140. The Labute approximate surface area is 393 Å². The molecule has 0 saturated heterocycles. The van der Waals surface area contributed by atoms with Gasteiger partial charge in [0.1, 0.15) is 0 Å². The predicted octanol–water partition coefficient (Wildman–Crippen LogP) is 17.1. The fourth-order valence-electron chi connectivity index (χ4n) is 11.6. The van der Waals surface area contributed by atoms with Crippen LogP contribution in [0.25, 0.3) is 55.3 Å². The molecule has 1 aromatic heterocycles. The summed E-state index contributed by atoms with van der Waals surface area (Å²) in [6, 6.07) is 80.8. The molecule has 0 fully saturated rings. The summed E-state index contributed by atoms with van der Waals surface area (Å²) < 4.78 is 2.39. The van der Waals surface area contributed by atoms with E-state index in [9.17, 15) is 0 Å². The monoisotopic (exact) mass is 858 g/mol. The van der Waals surface area contributed by atoms with E-state index in [2.05, 4.69) is 267 Å². The van der Waals surface area contributed by atoms with Gasteiger partial charge in [-0.05, 0) is 129 Å². The maximum Gasteiger partial charge on any atom is 0.0714 e. The Morgan fingerprint density at radius 3 is 1.67 bits per heavy atom. The van der Waals surface area contributed by atoms with Gasteiger partial charge in [-0.1, -0.05) is 196 Å². The number of aromatic nitrogens is 1. The Morgan fingerprint density at radius 2 is 1.04 bits per heavy atom. The van der Waals surface area contributed by atoms with Crippen molar-refractivity contribution < 1.29 is 0 Å². The Morgan fingerprint density at radius 1 is 0.493 bits per heavy atom. The second kappa shape index (κ2) is 15.8. The van der Waals surface area contributed by atoms with E-state index in [4.69, 9.17) is 0 Å². The summed E-state index contributed by atoms with van der Waals surface area (Å²) >= 11 is 0. The van der Waals surface area contributed by atoms with Gasteiger partial charge in [-0.15, -0.1) is 0 Å². The molecule has 2 heteroatoms. The molecule has 0 N–H and O–H groups in total. The Hall–Kier alpha value is -8.20. The molecular formula is C65H50N2. The maximum absolute atomic E-state index is 4.21. The van der Waals surface area contributed by atoms with Gasteiger partial charge in [0.2, 0.25) is 0 Å². The number of nitrogens with zero attached hydrogens (tertiary/aromatic N) is 2. The van der Waals surface area contributed by atoms with Crippen molar-refractivity contribution in [3.63, 3.8) is 0 Å². The SMILES string of the molecule is C=CC1=C(/C=C\C)C(C)(C)c2cc(-c3ccc(N(c4ccc(-n5c6ccccc6c6ccccc65)cc4)c4cccc5c4-c4ccccc4C5(c4ccccc4)c4ccccc4)cc3)ccc21. The molecule has 0 radical (unpaired) electrons. The summed E-state index contributed by atoms with van der Waals surface area (Å²) in [4.78, 5) is 2.47. The number of para-hydroxylation sites is 2. The van der Waals surface area contributed by atoms with Crippen LogP contribution >= 0.6 is 0 Å². The lowest BCUT2D eigenvalue weighted by molar-refractivity contribution is 0.654. The van der Waals surface area contributed by atoms with Crippen LogP contribution in [-0.2, 0) is 10.8 Å². The van der Waals surface area contributed by atoms with E-state index in [1.807, 2.05) is 6.08 Å². The van der Waals surface area contributed by atoms with Crippen LogP contribution in [0.3, 0.4) is 0 Å². The van der Waals surface area contributed by atoms with Crippen molar-refractivity contribution >= 4 is 44.4 Å². The number of rotatable bonds is 9. The summed E-state index contributed by atoms with van der Waals surface area (Å²) in [5, 5.41) is 2.51. The average molecular weight is 859 g/mol. The number of anilines is 3. The summed E-state index contributed by atoms with van der Waals surface area (Å²) in [6.45, 7) is 11.0. The molecule has 0 amide bonds. The maximum atomic E-state index is 4.21. The zero-order valence-corrected chi connectivity index (χ0v) is 38.1. The number of hydrogen-bond donors (Lipinski definition) is 0. The second-order valence-electron chi connectivity index (χ2n) is 18.4. The van der Waals surface area contributed by atoms with E-state index in [1.165, 1.54) is 88.6 Å². The van der Waals surface area contributed by atoms with Crippen molar-refractivity contribution in [3.8, 4) is 27.9 Å². The van der Waals surface area contributed by atoms with Gasteiger partial charge < -0.3 is 9.47 Å². The molecule has 0 spiro atoms. The van der Waals surface area contributed by atoms with Crippen molar-refractivity contribution in [1.82, 2.24) is 4.57 Å². The van der Waals surface area contributed by atoms with E-state index in [1.54, 1.807) is 0 Å². The molecule has 0 saturated carbocycles. The average Bonchev–Trinajstić information content (AvgIpc) is 3.96. The van der Waals surface area contributed by atoms with E-state index in [0.29, 0.717) is 0 Å². The molecule has 320 valence electrons. The van der Waals surface area contributed by atoms with E-state index < -0.39 is 5.41 Å². The molecule has 0 aliphatic heterocycles. The Bertz CT molecular complexity index is 3510. The topological polar surface area (TPSA) is 8.17 Å². The van der Waals surface area contributed by atoms with E-state index in [-0.39, 0.29) is 5.41 Å². The third-order valence-corrected chi connectivity index (χ3v) is 14.6. The van der Waals surface area contributed by atoms with Crippen LogP contribution < -0.4 is 4.90 Å². The smallest absolute Gasteiger partial charge is 0.0714 e. The third kappa shape index (κ3) is 6.03. The first-order valence-electron chi connectivity index (χ1n) is 23.4. The highest BCUT2D eigenvalue weighted by atomic mass is 15.1. The summed E-state index contributed by atoms with van der Waals surface area (Å²) in [5.74, 6) is 0. The number of fused-ring (bicyclic) bond motifs is 7. The molecule has 9 aromatic carbocycles. The molecule has 67 heavy (non-hydrogen) atoms. The molecular weight excluding hydrogens is 809 g/mol. The van der Waals surface area contributed by atoms with Crippen molar-refractivity contribution in [2.24, 2.45) is 0 Å². The normalized spacial score (nSPS) is 14.4. The van der Waals surface area contributed by atoms with Crippen LogP contribution in [0.4, 0.5) is 17.1 Å². The Balaban J connectivity index is 1.05. The molecule has 12 rings (SSSR count). The molecule has 0 unspecified atom stereocenters. The molecule has 0 atom stereocenters. The lowest BCUT2D eigenvalue weighted by Gasteiger charge is -2.34. The van der Waals surface area contributed by atoms with Gasteiger partial charge in [0, 0.05) is 38.8 Å². The predicted molar refractivity (Wildman–Crippen MR) is 283 cm³/mol. The molecule has 2 aliphatic carbocycles. The lowest BCUT2D eigenvalue weighted by atomic mass is 9.68.